The minimum atomic E-state index is -0.00793. The van der Waals surface area contributed by atoms with E-state index in [0.29, 0.717) is 19.6 Å². The molecule has 1 fully saturated rings. The second-order valence-corrected chi connectivity index (χ2v) is 7.75. The fourth-order valence-corrected chi connectivity index (χ4v) is 4.10. The van der Waals surface area contributed by atoms with Crippen molar-refractivity contribution in [3.8, 4) is 5.75 Å². The van der Waals surface area contributed by atoms with Gasteiger partial charge in [-0.05, 0) is 28.8 Å². The highest BCUT2D eigenvalue weighted by molar-refractivity contribution is 5.74. The third-order valence-electron chi connectivity index (χ3n) is 5.80. The lowest BCUT2D eigenvalue weighted by Crippen LogP contribution is -2.52. The van der Waals surface area contributed by atoms with Gasteiger partial charge in [-0.25, -0.2) is 4.79 Å². The van der Waals surface area contributed by atoms with Crippen molar-refractivity contribution < 1.29 is 9.53 Å². The van der Waals surface area contributed by atoms with Crippen LogP contribution in [0.4, 0.5) is 4.79 Å². The predicted octanol–water partition coefficient (Wildman–Crippen LogP) is 4.31. The van der Waals surface area contributed by atoms with Gasteiger partial charge in [-0.2, -0.15) is 0 Å². The molecule has 1 heterocycles. The molecule has 1 saturated heterocycles. The molecule has 3 aromatic carbocycles. The van der Waals surface area contributed by atoms with Gasteiger partial charge in [0.1, 0.15) is 5.75 Å². The summed E-state index contributed by atoms with van der Waals surface area (Å²) in [5.41, 5.74) is 3.62. The molecule has 1 N–H and O–H groups in total. The molecular formula is C26H29N3O2. The van der Waals surface area contributed by atoms with Gasteiger partial charge in [-0.1, -0.05) is 72.8 Å². The highest BCUT2D eigenvalue weighted by atomic mass is 16.5. The maximum Gasteiger partial charge on any atom is 0.317 e. The number of rotatable bonds is 6. The molecule has 3 aromatic rings. The number of amides is 2. The van der Waals surface area contributed by atoms with Gasteiger partial charge in [-0.3, -0.25) is 4.90 Å². The molecule has 0 aliphatic carbocycles. The fourth-order valence-electron chi connectivity index (χ4n) is 4.10. The molecule has 160 valence electrons. The third-order valence-corrected chi connectivity index (χ3v) is 5.80. The van der Waals surface area contributed by atoms with Crippen LogP contribution >= 0.6 is 0 Å². The Morgan fingerprint density at radius 3 is 1.90 bits per heavy atom. The molecule has 0 bridgehead atoms. The Labute approximate surface area is 184 Å². The van der Waals surface area contributed by atoms with Crippen LogP contribution < -0.4 is 10.1 Å². The number of nitrogens with one attached hydrogen (secondary N) is 1. The predicted molar refractivity (Wildman–Crippen MR) is 123 cm³/mol. The van der Waals surface area contributed by atoms with Crippen LogP contribution in [0.1, 0.15) is 22.7 Å². The molecule has 1 aliphatic heterocycles. The molecule has 1 aliphatic rings. The molecule has 5 heteroatoms. The first-order valence-electron chi connectivity index (χ1n) is 10.7. The quantitative estimate of drug-likeness (QED) is 0.652. The summed E-state index contributed by atoms with van der Waals surface area (Å²) < 4.78 is 5.18. The summed E-state index contributed by atoms with van der Waals surface area (Å²) in [6.07, 6.45) is 0. The number of carbonyl (C=O) groups is 1. The monoisotopic (exact) mass is 415 g/mol. The number of piperazine rings is 1. The van der Waals surface area contributed by atoms with E-state index in [9.17, 15) is 4.79 Å². The molecule has 0 unspecified atom stereocenters. The number of urea groups is 1. The van der Waals surface area contributed by atoms with Crippen LogP contribution in [0.3, 0.4) is 0 Å². The average molecular weight is 416 g/mol. The van der Waals surface area contributed by atoms with Crippen molar-refractivity contribution in [3.63, 3.8) is 0 Å². The molecule has 0 atom stereocenters. The lowest BCUT2D eigenvalue weighted by atomic mass is 9.96. The number of ether oxygens (including phenoxy) is 1. The standard InChI is InChI=1S/C26H29N3O2/c1-31-24-14-12-21(13-15-24)20-27-26(30)29-18-16-28(17-19-29)25(22-8-4-2-5-9-22)23-10-6-3-7-11-23/h2-15,25H,16-20H2,1H3,(H,27,30). The molecule has 0 saturated carbocycles. The summed E-state index contributed by atoms with van der Waals surface area (Å²) in [5.74, 6) is 0.817. The van der Waals surface area contributed by atoms with Gasteiger partial charge in [0.05, 0.1) is 13.2 Å². The number of nitrogens with zero attached hydrogens (tertiary/aromatic N) is 2. The number of benzene rings is 3. The summed E-state index contributed by atoms with van der Waals surface area (Å²) in [6.45, 7) is 3.61. The fraction of sp³-hybridized carbons (Fsp3) is 0.269. The van der Waals surface area contributed by atoms with Crippen molar-refractivity contribution in [2.24, 2.45) is 0 Å². The van der Waals surface area contributed by atoms with E-state index in [1.165, 1.54) is 11.1 Å². The van der Waals surface area contributed by atoms with E-state index in [1.54, 1.807) is 7.11 Å². The normalized spacial score (nSPS) is 14.5. The van der Waals surface area contributed by atoms with Gasteiger partial charge >= 0.3 is 6.03 Å². The molecule has 31 heavy (non-hydrogen) atoms. The van der Waals surface area contributed by atoms with Gasteiger partial charge in [0.2, 0.25) is 0 Å². The zero-order chi connectivity index (χ0) is 21.5. The number of methoxy groups -OCH3 is 1. The molecule has 4 rings (SSSR count). The Morgan fingerprint density at radius 1 is 0.839 bits per heavy atom. The second-order valence-electron chi connectivity index (χ2n) is 7.75. The minimum absolute atomic E-state index is 0.00793. The van der Waals surface area contributed by atoms with Crippen LogP contribution in [0.15, 0.2) is 84.9 Å². The maximum absolute atomic E-state index is 12.7. The summed E-state index contributed by atoms with van der Waals surface area (Å²) in [4.78, 5) is 17.1. The Kier molecular flexibility index (Phi) is 6.85. The molecule has 0 spiro atoms. The van der Waals surface area contributed by atoms with Crippen LogP contribution in [0.2, 0.25) is 0 Å². The van der Waals surface area contributed by atoms with Crippen molar-refractivity contribution in [1.82, 2.24) is 15.1 Å². The zero-order valence-electron chi connectivity index (χ0n) is 17.9. The number of carbonyl (C=O) groups excluding carboxylic acids is 1. The Morgan fingerprint density at radius 2 is 1.39 bits per heavy atom. The third kappa shape index (κ3) is 5.25. The topological polar surface area (TPSA) is 44.8 Å². The van der Waals surface area contributed by atoms with E-state index >= 15 is 0 Å². The zero-order valence-corrected chi connectivity index (χ0v) is 17.9. The first kappa shape index (κ1) is 20.9. The van der Waals surface area contributed by atoms with Crippen LogP contribution in [0.25, 0.3) is 0 Å². The maximum atomic E-state index is 12.7. The highest BCUT2D eigenvalue weighted by Crippen LogP contribution is 2.29. The lowest BCUT2D eigenvalue weighted by Gasteiger charge is -2.39. The van der Waals surface area contributed by atoms with E-state index in [1.807, 2.05) is 29.2 Å². The first-order chi connectivity index (χ1) is 15.2. The van der Waals surface area contributed by atoms with Crippen LogP contribution in [-0.4, -0.2) is 49.1 Å². The van der Waals surface area contributed by atoms with E-state index in [2.05, 4.69) is 70.9 Å². The van der Waals surface area contributed by atoms with Crippen molar-refractivity contribution in [1.29, 1.82) is 0 Å². The minimum Gasteiger partial charge on any atom is -0.497 e. The van der Waals surface area contributed by atoms with Crippen LogP contribution in [0, 0.1) is 0 Å². The van der Waals surface area contributed by atoms with Crippen molar-refractivity contribution in [3.05, 3.63) is 102 Å². The molecule has 2 amide bonds. The average Bonchev–Trinajstić information content (AvgIpc) is 2.85. The van der Waals surface area contributed by atoms with Gasteiger partial charge in [0, 0.05) is 32.7 Å². The summed E-state index contributed by atoms with van der Waals surface area (Å²) in [7, 11) is 1.65. The van der Waals surface area contributed by atoms with Gasteiger partial charge < -0.3 is 15.0 Å². The molecular weight excluding hydrogens is 386 g/mol. The van der Waals surface area contributed by atoms with E-state index in [-0.39, 0.29) is 12.1 Å². The highest BCUT2D eigenvalue weighted by Gasteiger charge is 2.28. The van der Waals surface area contributed by atoms with Crippen LogP contribution in [0.5, 0.6) is 5.75 Å². The largest absolute Gasteiger partial charge is 0.497 e. The molecule has 0 radical (unpaired) electrons. The van der Waals surface area contributed by atoms with Crippen LogP contribution in [-0.2, 0) is 6.54 Å². The SMILES string of the molecule is COc1ccc(CNC(=O)N2CCN(C(c3ccccc3)c3ccccc3)CC2)cc1. The van der Waals surface area contributed by atoms with E-state index in [0.717, 1.165) is 24.4 Å². The number of hydrogen-bond acceptors (Lipinski definition) is 3. The summed E-state index contributed by atoms with van der Waals surface area (Å²) >= 11 is 0. The van der Waals surface area contributed by atoms with Crippen molar-refractivity contribution >= 4 is 6.03 Å². The van der Waals surface area contributed by atoms with Gasteiger partial charge in [0.25, 0.3) is 0 Å². The van der Waals surface area contributed by atoms with Crippen molar-refractivity contribution in [2.75, 3.05) is 33.3 Å². The smallest absolute Gasteiger partial charge is 0.317 e. The lowest BCUT2D eigenvalue weighted by molar-refractivity contribution is 0.120. The Balaban J connectivity index is 1.36. The summed E-state index contributed by atoms with van der Waals surface area (Å²) in [6, 6.07) is 29.2. The Hall–Kier alpha value is -3.31. The second kappa shape index (κ2) is 10.1. The van der Waals surface area contributed by atoms with Crippen molar-refractivity contribution in [2.45, 2.75) is 12.6 Å². The van der Waals surface area contributed by atoms with Gasteiger partial charge in [-0.15, -0.1) is 0 Å². The Bertz CT molecular complexity index is 913. The molecule has 5 nitrogen and oxygen atoms in total. The first-order valence-corrected chi connectivity index (χ1v) is 10.7. The van der Waals surface area contributed by atoms with Gasteiger partial charge in [0.15, 0.2) is 0 Å². The van der Waals surface area contributed by atoms with E-state index in [4.69, 9.17) is 4.74 Å². The summed E-state index contributed by atoms with van der Waals surface area (Å²) in [5, 5.41) is 3.04. The number of hydrogen-bond donors (Lipinski definition) is 1. The van der Waals surface area contributed by atoms with E-state index < -0.39 is 0 Å². The molecule has 0 aromatic heterocycles.